The van der Waals surface area contributed by atoms with Crippen LogP contribution in [0.25, 0.3) is 6.08 Å². The molecule has 8 nitrogen and oxygen atoms in total. The molecule has 3 aromatic carbocycles. The molecule has 0 aliphatic carbocycles. The number of carboxylic acids is 1. The number of amides is 4. The number of rotatable bonds is 6. The Morgan fingerprint density at radius 3 is 2.35 bits per heavy atom. The van der Waals surface area contributed by atoms with Gasteiger partial charge in [-0.05, 0) is 42.0 Å². The summed E-state index contributed by atoms with van der Waals surface area (Å²) in [5.41, 5.74) is 0.577. The van der Waals surface area contributed by atoms with Gasteiger partial charge in [-0.2, -0.15) is 0 Å². The molecule has 1 aliphatic heterocycles. The quantitative estimate of drug-likeness (QED) is 0.428. The maximum atomic E-state index is 14.2. The summed E-state index contributed by atoms with van der Waals surface area (Å²) in [6.45, 7) is 0.0973. The van der Waals surface area contributed by atoms with Crippen LogP contribution in [0.4, 0.5) is 14.9 Å². The fraction of sp³-hybridized carbons (Fsp3) is 0.0400. The van der Waals surface area contributed by atoms with Gasteiger partial charge in [0, 0.05) is 5.56 Å². The highest BCUT2D eigenvalue weighted by Gasteiger charge is 2.38. The fourth-order valence-corrected chi connectivity index (χ4v) is 3.30. The van der Waals surface area contributed by atoms with Crippen molar-refractivity contribution in [2.24, 2.45) is 0 Å². The van der Waals surface area contributed by atoms with E-state index in [4.69, 9.17) is 9.84 Å². The number of ether oxygens (including phenoxy) is 1. The van der Waals surface area contributed by atoms with Crippen molar-refractivity contribution in [1.29, 1.82) is 0 Å². The van der Waals surface area contributed by atoms with Crippen LogP contribution in [0.5, 0.6) is 5.75 Å². The van der Waals surface area contributed by atoms with Gasteiger partial charge in [-0.1, -0.05) is 42.5 Å². The topological polar surface area (TPSA) is 113 Å². The van der Waals surface area contributed by atoms with Crippen LogP contribution in [-0.2, 0) is 16.2 Å². The highest BCUT2D eigenvalue weighted by atomic mass is 19.1. The van der Waals surface area contributed by atoms with Gasteiger partial charge >= 0.3 is 12.0 Å². The van der Waals surface area contributed by atoms with E-state index in [1.807, 2.05) is 0 Å². The third kappa shape index (κ3) is 4.53. The summed E-state index contributed by atoms with van der Waals surface area (Å²) < 4.78 is 20.0. The number of para-hydroxylation sites is 2. The van der Waals surface area contributed by atoms with Gasteiger partial charge in [-0.25, -0.2) is 18.9 Å². The number of benzene rings is 3. The van der Waals surface area contributed by atoms with Gasteiger partial charge in [0.15, 0.2) is 0 Å². The van der Waals surface area contributed by atoms with Gasteiger partial charge in [0.25, 0.3) is 11.8 Å². The van der Waals surface area contributed by atoms with Gasteiger partial charge in [-0.15, -0.1) is 0 Å². The number of imide groups is 2. The zero-order chi connectivity index (χ0) is 24.2. The summed E-state index contributed by atoms with van der Waals surface area (Å²) in [4.78, 5) is 49.3. The van der Waals surface area contributed by atoms with E-state index in [0.29, 0.717) is 21.8 Å². The third-order valence-corrected chi connectivity index (χ3v) is 5.01. The van der Waals surface area contributed by atoms with Crippen molar-refractivity contribution < 1.29 is 33.4 Å². The minimum absolute atomic E-state index is 0.0973. The van der Waals surface area contributed by atoms with E-state index in [2.05, 4.69) is 5.32 Å². The molecular formula is C25H17FN2O6. The molecule has 4 amide bonds. The Kier molecular flexibility index (Phi) is 6.18. The average Bonchev–Trinajstić information content (AvgIpc) is 2.82. The van der Waals surface area contributed by atoms with Gasteiger partial charge < -0.3 is 9.84 Å². The normalized spacial score (nSPS) is 14.8. The third-order valence-electron chi connectivity index (χ3n) is 5.01. The number of carbonyl (C=O) groups excluding carboxylic acids is 3. The second-order valence-electron chi connectivity index (χ2n) is 7.24. The lowest BCUT2D eigenvalue weighted by molar-refractivity contribution is -0.122. The molecule has 170 valence electrons. The summed E-state index contributed by atoms with van der Waals surface area (Å²) in [5, 5.41) is 11.0. The number of barbiturate groups is 1. The van der Waals surface area contributed by atoms with Gasteiger partial charge in [0.1, 0.15) is 23.7 Å². The fourth-order valence-electron chi connectivity index (χ4n) is 3.30. The highest BCUT2D eigenvalue weighted by molar-refractivity contribution is 6.39. The van der Waals surface area contributed by atoms with Crippen LogP contribution in [-0.4, -0.2) is 28.9 Å². The van der Waals surface area contributed by atoms with Crippen LogP contribution < -0.4 is 15.0 Å². The predicted molar refractivity (Wildman–Crippen MR) is 120 cm³/mol. The number of hydrogen-bond donors (Lipinski definition) is 2. The number of nitrogens with zero attached hydrogens (tertiary/aromatic N) is 1. The number of anilines is 1. The molecule has 0 atom stereocenters. The molecule has 4 rings (SSSR count). The average molecular weight is 460 g/mol. The lowest BCUT2D eigenvalue weighted by Crippen LogP contribution is -2.54. The van der Waals surface area contributed by atoms with Crippen molar-refractivity contribution in [3.8, 4) is 5.75 Å². The van der Waals surface area contributed by atoms with Gasteiger partial charge in [-0.3, -0.25) is 14.9 Å². The van der Waals surface area contributed by atoms with E-state index in [9.17, 15) is 23.6 Å². The SMILES string of the molecule is O=C1NC(=O)N(c2ccccc2F)C(=O)/C1=C\c1ccccc1OCc1ccc(C(=O)O)cc1. The minimum Gasteiger partial charge on any atom is -0.488 e. The first-order valence-electron chi connectivity index (χ1n) is 10.0. The van der Waals surface area contributed by atoms with Crippen LogP contribution in [0.2, 0.25) is 0 Å². The first-order valence-corrected chi connectivity index (χ1v) is 10.0. The molecule has 3 aromatic rings. The largest absolute Gasteiger partial charge is 0.488 e. The first-order chi connectivity index (χ1) is 16.3. The van der Waals surface area contributed by atoms with Crippen molar-refractivity contribution in [2.45, 2.75) is 6.61 Å². The van der Waals surface area contributed by atoms with Crippen molar-refractivity contribution in [3.05, 3.63) is 101 Å². The maximum absolute atomic E-state index is 14.2. The number of nitrogens with one attached hydrogen (secondary N) is 1. The molecule has 1 saturated heterocycles. The standard InChI is InChI=1S/C25H17FN2O6/c26-19-6-2-3-7-20(19)28-23(30)18(22(29)27-25(28)33)13-17-5-1-4-8-21(17)34-14-15-9-11-16(12-10-15)24(31)32/h1-13H,14H2,(H,31,32)(H,27,29,33)/b18-13-. The lowest BCUT2D eigenvalue weighted by atomic mass is 10.1. The molecule has 2 N–H and O–H groups in total. The molecule has 0 unspecified atom stereocenters. The number of aromatic carboxylic acids is 1. The summed E-state index contributed by atoms with van der Waals surface area (Å²) in [6.07, 6.45) is 1.26. The zero-order valence-corrected chi connectivity index (χ0v) is 17.5. The molecule has 0 spiro atoms. The van der Waals surface area contributed by atoms with Crippen LogP contribution in [0.3, 0.4) is 0 Å². The molecule has 34 heavy (non-hydrogen) atoms. The van der Waals surface area contributed by atoms with Gasteiger partial charge in [0.2, 0.25) is 0 Å². The molecule has 0 radical (unpaired) electrons. The van der Waals surface area contributed by atoms with Crippen molar-refractivity contribution >= 4 is 35.6 Å². The summed E-state index contributed by atoms with van der Waals surface area (Å²) in [6, 6.07) is 16.9. The number of halogens is 1. The Balaban J connectivity index is 1.61. The maximum Gasteiger partial charge on any atom is 0.336 e. The van der Waals surface area contributed by atoms with Crippen LogP contribution in [0, 0.1) is 5.82 Å². The van der Waals surface area contributed by atoms with Gasteiger partial charge in [0.05, 0.1) is 11.3 Å². The first kappa shape index (κ1) is 22.4. The Labute approximate surface area is 192 Å². The van der Waals surface area contributed by atoms with E-state index in [1.54, 1.807) is 36.4 Å². The second kappa shape index (κ2) is 9.37. The molecule has 9 heteroatoms. The summed E-state index contributed by atoms with van der Waals surface area (Å²) in [5.74, 6) is -3.38. The smallest absolute Gasteiger partial charge is 0.336 e. The summed E-state index contributed by atoms with van der Waals surface area (Å²) >= 11 is 0. The second-order valence-corrected chi connectivity index (χ2v) is 7.24. The van der Waals surface area contributed by atoms with Crippen molar-refractivity contribution in [2.75, 3.05) is 4.90 Å². The van der Waals surface area contributed by atoms with Crippen LogP contribution >= 0.6 is 0 Å². The molecule has 0 saturated carbocycles. The molecule has 1 aliphatic rings. The molecule has 1 fully saturated rings. The molecule has 1 heterocycles. The van der Waals surface area contributed by atoms with E-state index in [0.717, 1.165) is 6.07 Å². The van der Waals surface area contributed by atoms with E-state index >= 15 is 0 Å². The predicted octanol–water partition coefficient (Wildman–Crippen LogP) is 3.77. The number of urea groups is 1. The van der Waals surface area contributed by atoms with Crippen LogP contribution in [0.1, 0.15) is 21.5 Å². The lowest BCUT2D eigenvalue weighted by Gasteiger charge is -2.26. The Hall–Kier alpha value is -4.79. The van der Waals surface area contributed by atoms with Crippen molar-refractivity contribution in [3.63, 3.8) is 0 Å². The molecule has 0 aromatic heterocycles. The number of carbonyl (C=O) groups is 4. The number of hydrogen-bond acceptors (Lipinski definition) is 5. The van der Waals surface area contributed by atoms with E-state index in [1.165, 1.54) is 36.4 Å². The van der Waals surface area contributed by atoms with E-state index < -0.39 is 29.6 Å². The Morgan fingerprint density at radius 1 is 0.971 bits per heavy atom. The van der Waals surface area contributed by atoms with E-state index in [-0.39, 0.29) is 23.4 Å². The summed E-state index contributed by atoms with van der Waals surface area (Å²) in [7, 11) is 0. The van der Waals surface area contributed by atoms with Crippen molar-refractivity contribution in [1.82, 2.24) is 5.32 Å². The Bertz CT molecular complexity index is 1330. The molecular weight excluding hydrogens is 443 g/mol. The highest BCUT2D eigenvalue weighted by Crippen LogP contribution is 2.27. The zero-order valence-electron chi connectivity index (χ0n) is 17.5. The number of carboxylic acid groups (broad SMARTS) is 1. The molecule has 0 bridgehead atoms. The minimum atomic E-state index is -1.05. The monoisotopic (exact) mass is 460 g/mol. The van der Waals surface area contributed by atoms with Crippen LogP contribution in [0.15, 0.2) is 78.4 Å². The Morgan fingerprint density at radius 2 is 1.65 bits per heavy atom.